The number of hydrogen-bond donors (Lipinski definition) is 4. The Hall–Kier alpha value is -1.35. The van der Waals surface area contributed by atoms with Crippen LogP contribution in [0.15, 0.2) is 35.3 Å². The summed E-state index contributed by atoms with van der Waals surface area (Å²) in [5.74, 6) is 1.24. The second kappa shape index (κ2) is 13.9. The molecule has 6 nitrogen and oxygen atoms in total. The molecule has 1 aromatic carbocycles. The van der Waals surface area contributed by atoms with E-state index in [1.165, 1.54) is 5.56 Å². The Bertz CT molecular complexity index is 644. The Morgan fingerprint density at radius 3 is 2.27 bits per heavy atom. The summed E-state index contributed by atoms with van der Waals surface area (Å²) in [6.45, 7) is 11.5. The molecule has 0 saturated heterocycles. The van der Waals surface area contributed by atoms with E-state index >= 15 is 0 Å². The predicted octanol–water partition coefficient (Wildman–Crippen LogP) is 3.60. The second-order valence-electron chi connectivity index (χ2n) is 7.95. The molecule has 170 valence electrons. The summed E-state index contributed by atoms with van der Waals surface area (Å²) in [7, 11) is 0. The van der Waals surface area contributed by atoms with Crippen LogP contribution in [0, 0.1) is 5.92 Å². The van der Waals surface area contributed by atoms with E-state index in [1.807, 2.05) is 0 Å². The normalized spacial score (nSPS) is 15.1. The molecular weight excluding hydrogens is 489 g/mol. The van der Waals surface area contributed by atoms with Crippen molar-refractivity contribution in [1.29, 1.82) is 0 Å². The van der Waals surface area contributed by atoms with E-state index in [0.29, 0.717) is 19.6 Å². The fourth-order valence-corrected chi connectivity index (χ4v) is 3.44. The lowest BCUT2D eigenvalue weighted by Gasteiger charge is -2.35. The molecule has 4 N–H and O–H groups in total. The highest BCUT2D eigenvalue weighted by Crippen LogP contribution is 2.28. The van der Waals surface area contributed by atoms with Gasteiger partial charge in [-0.15, -0.1) is 24.0 Å². The number of aliphatic imine (C=N–C) groups is 1. The minimum Gasteiger partial charge on any atom is -0.357 e. The van der Waals surface area contributed by atoms with Crippen molar-refractivity contribution < 1.29 is 4.79 Å². The molecule has 1 aromatic rings. The van der Waals surface area contributed by atoms with Crippen molar-refractivity contribution in [1.82, 2.24) is 21.3 Å². The topological polar surface area (TPSA) is 77.6 Å². The number of rotatable bonds is 12. The maximum absolute atomic E-state index is 11.7. The smallest absolute Gasteiger partial charge is 0.223 e. The zero-order valence-electron chi connectivity index (χ0n) is 19.0. The monoisotopic (exact) mass is 529 g/mol. The number of hydrogen-bond acceptors (Lipinski definition) is 3. The van der Waals surface area contributed by atoms with E-state index < -0.39 is 0 Å². The van der Waals surface area contributed by atoms with Gasteiger partial charge in [0.15, 0.2) is 5.96 Å². The zero-order valence-corrected chi connectivity index (χ0v) is 21.3. The lowest BCUT2D eigenvalue weighted by Crippen LogP contribution is -2.49. The average Bonchev–Trinajstić information content (AvgIpc) is 3.60. The summed E-state index contributed by atoms with van der Waals surface area (Å²) in [5.41, 5.74) is 1.23. The molecule has 1 amide bonds. The number of nitrogens with one attached hydrogen (secondary N) is 4. The van der Waals surface area contributed by atoms with Gasteiger partial charge in [-0.3, -0.25) is 9.79 Å². The van der Waals surface area contributed by atoms with Crippen LogP contribution in [0.25, 0.3) is 0 Å². The second-order valence-corrected chi connectivity index (χ2v) is 7.95. The Morgan fingerprint density at radius 2 is 1.70 bits per heavy atom. The van der Waals surface area contributed by atoms with E-state index in [2.05, 4.69) is 79.3 Å². The quantitative estimate of drug-likeness (QED) is 0.145. The molecule has 1 fully saturated rings. The van der Waals surface area contributed by atoms with Gasteiger partial charge in [-0.25, -0.2) is 0 Å². The molecule has 30 heavy (non-hydrogen) atoms. The van der Waals surface area contributed by atoms with Crippen molar-refractivity contribution in [3.63, 3.8) is 0 Å². The van der Waals surface area contributed by atoms with Gasteiger partial charge in [-0.2, -0.15) is 0 Å². The highest BCUT2D eigenvalue weighted by Gasteiger charge is 2.29. The molecule has 1 aliphatic carbocycles. The minimum atomic E-state index is -0.0577. The zero-order chi connectivity index (χ0) is 21.1. The van der Waals surface area contributed by atoms with E-state index in [1.54, 1.807) is 0 Å². The van der Waals surface area contributed by atoms with E-state index in [4.69, 9.17) is 4.99 Å². The first-order valence-corrected chi connectivity index (χ1v) is 11.2. The first-order chi connectivity index (χ1) is 14.0. The molecule has 0 bridgehead atoms. The summed E-state index contributed by atoms with van der Waals surface area (Å²) in [6.07, 6.45) is 4.07. The van der Waals surface area contributed by atoms with Crippen LogP contribution < -0.4 is 21.3 Å². The predicted molar refractivity (Wildman–Crippen MR) is 136 cm³/mol. The Kier molecular flexibility index (Phi) is 12.3. The van der Waals surface area contributed by atoms with Gasteiger partial charge in [0, 0.05) is 37.1 Å². The standard InChI is InChI=1S/C23H39N5O.HI/c1-5-23(6-2,28-18(4)19-11-9-8-10-12-19)17-27-22(24-7-3)26-16-15-25-21(29)20-13-14-20;/h8-12,18,20,28H,5-7,13-17H2,1-4H3,(H,25,29)(H2,24,26,27);1H. The molecular formula is C23H40IN5O. The van der Waals surface area contributed by atoms with Crippen molar-refractivity contribution in [3.8, 4) is 0 Å². The Morgan fingerprint density at radius 1 is 1.07 bits per heavy atom. The van der Waals surface area contributed by atoms with Crippen LogP contribution in [0.5, 0.6) is 0 Å². The molecule has 1 unspecified atom stereocenters. The van der Waals surface area contributed by atoms with Gasteiger partial charge in [0.1, 0.15) is 0 Å². The van der Waals surface area contributed by atoms with Gasteiger partial charge in [-0.05, 0) is 45.1 Å². The van der Waals surface area contributed by atoms with E-state index in [9.17, 15) is 4.79 Å². The van der Waals surface area contributed by atoms with Crippen LogP contribution in [0.1, 0.15) is 65.0 Å². The van der Waals surface area contributed by atoms with Crippen molar-refractivity contribution in [2.24, 2.45) is 10.9 Å². The van der Waals surface area contributed by atoms with Crippen molar-refractivity contribution in [2.45, 2.75) is 65.0 Å². The number of benzene rings is 1. The van der Waals surface area contributed by atoms with Crippen LogP contribution in [0.4, 0.5) is 0 Å². The number of carbonyl (C=O) groups is 1. The van der Waals surface area contributed by atoms with Gasteiger partial charge in [0.2, 0.25) is 5.91 Å². The number of nitrogens with zero attached hydrogens (tertiary/aromatic N) is 1. The van der Waals surface area contributed by atoms with Crippen LogP contribution in [0.3, 0.4) is 0 Å². The summed E-state index contributed by atoms with van der Waals surface area (Å²) >= 11 is 0. The highest BCUT2D eigenvalue weighted by molar-refractivity contribution is 14.0. The molecule has 0 heterocycles. The summed E-state index contributed by atoms with van der Waals surface area (Å²) in [4.78, 5) is 16.6. The molecule has 1 aliphatic rings. The van der Waals surface area contributed by atoms with Crippen LogP contribution >= 0.6 is 24.0 Å². The number of guanidine groups is 1. The largest absolute Gasteiger partial charge is 0.357 e. The molecule has 0 aromatic heterocycles. The van der Waals surface area contributed by atoms with Crippen molar-refractivity contribution >= 4 is 35.8 Å². The van der Waals surface area contributed by atoms with Crippen LogP contribution in [0.2, 0.25) is 0 Å². The number of carbonyl (C=O) groups excluding carboxylic acids is 1. The third kappa shape index (κ3) is 8.79. The summed E-state index contributed by atoms with van der Waals surface area (Å²) in [5, 5.41) is 13.5. The SMILES string of the molecule is CCNC(=NCC(CC)(CC)NC(C)c1ccccc1)NCCNC(=O)C1CC1.I. The van der Waals surface area contributed by atoms with E-state index in [-0.39, 0.29) is 47.4 Å². The Balaban J connectivity index is 0.00000450. The third-order valence-corrected chi connectivity index (χ3v) is 5.72. The van der Waals surface area contributed by atoms with Crippen LogP contribution in [-0.2, 0) is 4.79 Å². The van der Waals surface area contributed by atoms with Gasteiger partial charge in [0.05, 0.1) is 6.54 Å². The minimum absolute atomic E-state index is 0. The molecule has 2 rings (SSSR count). The van der Waals surface area contributed by atoms with Crippen LogP contribution in [-0.4, -0.2) is 43.6 Å². The molecule has 0 spiro atoms. The fraction of sp³-hybridized carbons (Fsp3) is 0.652. The van der Waals surface area contributed by atoms with Crippen molar-refractivity contribution in [2.75, 3.05) is 26.2 Å². The molecule has 0 aliphatic heterocycles. The first kappa shape index (κ1) is 26.7. The molecule has 1 atom stereocenters. The number of halogens is 1. The average molecular weight is 530 g/mol. The lowest BCUT2D eigenvalue weighted by molar-refractivity contribution is -0.122. The van der Waals surface area contributed by atoms with Gasteiger partial charge >= 0.3 is 0 Å². The van der Waals surface area contributed by atoms with E-state index in [0.717, 1.165) is 38.2 Å². The maximum Gasteiger partial charge on any atom is 0.223 e. The first-order valence-electron chi connectivity index (χ1n) is 11.2. The lowest BCUT2D eigenvalue weighted by atomic mass is 9.91. The highest BCUT2D eigenvalue weighted by atomic mass is 127. The molecule has 1 saturated carbocycles. The van der Waals surface area contributed by atoms with Gasteiger partial charge < -0.3 is 21.3 Å². The van der Waals surface area contributed by atoms with Gasteiger partial charge in [0.25, 0.3) is 0 Å². The van der Waals surface area contributed by atoms with Crippen molar-refractivity contribution in [3.05, 3.63) is 35.9 Å². The maximum atomic E-state index is 11.7. The summed E-state index contributed by atoms with van der Waals surface area (Å²) in [6, 6.07) is 10.8. The molecule has 7 heteroatoms. The number of amides is 1. The molecule has 0 radical (unpaired) electrons. The third-order valence-electron chi connectivity index (χ3n) is 5.72. The fourth-order valence-electron chi connectivity index (χ4n) is 3.44. The Labute approximate surface area is 199 Å². The van der Waals surface area contributed by atoms with Gasteiger partial charge in [-0.1, -0.05) is 44.2 Å². The summed E-state index contributed by atoms with van der Waals surface area (Å²) < 4.78 is 0.